The van der Waals surface area contributed by atoms with Gasteiger partial charge in [-0.2, -0.15) is 0 Å². The van der Waals surface area contributed by atoms with Crippen molar-refractivity contribution in [1.82, 2.24) is 9.80 Å². The first kappa shape index (κ1) is 20.0. The number of hydrogen-bond acceptors (Lipinski definition) is 4. The highest BCUT2D eigenvalue weighted by molar-refractivity contribution is 5.95. The van der Waals surface area contributed by atoms with Gasteiger partial charge in [0.2, 0.25) is 5.91 Å². The lowest BCUT2D eigenvalue weighted by atomic mass is 9.89. The fourth-order valence-corrected chi connectivity index (χ4v) is 4.84. The van der Waals surface area contributed by atoms with E-state index in [-0.39, 0.29) is 49.6 Å². The second-order valence-corrected chi connectivity index (χ2v) is 8.69. The van der Waals surface area contributed by atoms with Crippen molar-refractivity contribution in [1.29, 1.82) is 0 Å². The summed E-state index contributed by atoms with van der Waals surface area (Å²) >= 11 is 0. The van der Waals surface area contributed by atoms with E-state index in [1.54, 1.807) is 17.0 Å². The molecule has 164 valence electrons. The van der Waals surface area contributed by atoms with Crippen LogP contribution in [0.5, 0.6) is 5.75 Å². The highest BCUT2D eigenvalue weighted by Crippen LogP contribution is 2.39. The van der Waals surface area contributed by atoms with Gasteiger partial charge in [-0.05, 0) is 24.3 Å². The maximum Gasteiger partial charge on any atom is 0.253 e. The molecule has 0 radical (unpaired) electrons. The molecule has 31 heavy (non-hydrogen) atoms. The predicted octanol–water partition coefficient (Wildman–Crippen LogP) is 2.91. The van der Waals surface area contributed by atoms with Crippen LogP contribution in [0.25, 0.3) is 0 Å². The van der Waals surface area contributed by atoms with Crippen LogP contribution in [0.4, 0.5) is 14.5 Å². The topological polar surface area (TPSA) is 53.1 Å². The number of benzene rings is 1. The largest absolute Gasteiger partial charge is 0.490 e. The lowest BCUT2D eigenvalue weighted by Crippen LogP contribution is -2.42. The Morgan fingerprint density at radius 3 is 2.74 bits per heavy atom. The standard InChI is InChI=1S/C23H25F2N3O3/c1-26-14-16-12-17(3-4-18(16)22(26)30)28-10-11-31-20-13-15(2-5-19(20)28)21(29)27-8-6-23(24,25)7-9-27/h2-5,12-13,16,18H,6-11,14H2,1H3. The van der Waals surface area contributed by atoms with Crippen molar-refractivity contribution < 1.29 is 23.1 Å². The first-order valence-corrected chi connectivity index (χ1v) is 10.7. The predicted molar refractivity (Wildman–Crippen MR) is 111 cm³/mol. The number of ether oxygens (including phenoxy) is 1. The molecule has 3 aliphatic heterocycles. The summed E-state index contributed by atoms with van der Waals surface area (Å²) in [5.41, 5.74) is 2.33. The average Bonchev–Trinajstić information content (AvgIpc) is 3.05. The highest BCUT2D eigenvalue weighted by atomic mass is 19.3. The van der Waals surface area contributed by atoms with Crippen LogP contribution in [-0.4, -0.2) is 67.4 Å². The summed E-state index contributed by atoms with van der Waals surface area (Å²) in [6, 6.07) is 5.30. The highest BCUT2D eigenvalue weighted by Gasteiger charge is 2.39. The number of hydrogen-bond donors (Lipinski definition) is 0. The third kappa shape index (κ3) is 3.58. The number of amides is 2. The Kier molecular flexibility index (Phi) is 4.75. The van der Waals surface area contributed by atoms with Crippen LogP contribution in [0.1, 0.15) is 23.2 Å². The first-order valence-electron chi connectivity index (χ1n) is 10.7. The maximum absolute atomic E-state index is 13.4. The van der Waals surface area contributed by atoms with Crippen LogP contribution in [0.2, 0.25) is 0 Å². The van der Waals surface area contributed by atoms with Gasteiger partial charge in [-0.1, -0.05) is 12.2 Å². The molecule has 0 spiro atoms. The first-order chi connectivity index (χ1) is 14.8. The van der Waals surface area contributed by atoms with E-state index in [0.29, 0.717) is 31.0 Å². The third-order valence-corrected chi connectivity index (χ3v) is 6.63. The van der Waals surface area contributed by atoms with Crippen LogP contribution < -0.4 is 9.64 Å². The third-order valence-electron chi connectivity index (χ3n) is 6.63. The minimum absolute atomic E-state index is 0.0588. The second kappa shape index (κ2) is 7.35. The quantitative estimate of drug-likeness (QED) is 0.726. The molecule has 5 rings (SSSR count). The Bertz CT molecular complexity index is 980. The number of carbonyl (C=O) groups excluding carboxylic acids is 2. The van der Waals surface area contributed by atoms with Crippen LogP contribution in [-0.2, 0) is 4.79 Å². The Hall–Kier alpha value is -2.90. The number of likely N-dealkylation sites (tertiary alicyclic amines) is 2. The number of carbonyl (C=O) groups is 2. The van der Waals surface area contributed by atoms with Crippen molar-refractivity contribution in [2.75, 3.05) is 44.7 Å². The zero-order chi connectivity index (χ0) is 21.8. The van der Waals surface area contributed by atoms with Crippen molar-refractivity contribution in [2.24, 2.45) is 11.8 Å². The zero-order valence-corrected chi connectivity index (χ0v) is 17.4. The number of rotatable bonds is 2. The number of halogens is 2. The summed E-state index contributed by atoms with van der Waals surface area (Å²) in [7, 11) is 1.83. The van der Waals surface area contributed by atoms with Crippen LogP contribution in [0.15, 0.2) is 42.1 Å². The maximum atomic E-state index is 13.4. The van der Waals surface area contributed by atoms with Gasteiger partial charge < -0.3 is 19.4 Å². The molecule has 1 aromatic rings. The number of piperidine rings is 1. The van der Waals surface area contributed by atoms with E-state index >= 15 is 0 Å². The molecule has 4 aliphatic rings. The molecule has 8 heteroatoms. The van der Waals surface area contributed by atoms with Crippen molar-refractivity contribution in [3.63, 3.8) is 0 Å². The Labute approximate surface area is 179 Å². The van der Waals surface area contributed by atoms with E-state index < -0.39 is 5.92 Å². The van der Waals surface area contributed by atoms with E-state index in [1.807, 2.05) is 25.3 Å². The van der Waals surface area contributed by atoms with E-state index in [9.17, 15) is 18.4 Å². The minimum atomic E-state index is -2.69. The molecule has 2 saturated heterocycles. The van der Waals surface area contributed by atoms with E-state index in [1.165, 1.54) is 4.90 Å². The van der Waals surface area contributed by atoms with Gasteiger partial charge in [-0.15, -0.1) is 0 Å². The van der Waals surface area contributed by atoms with Gasteiger partial charge in [0.15, 0.2) is 0 Å². The van der Waals surface area contributed by atoms with Gasteiger partial charge in [0.25, 0.3) is 11.8 Å². The number of anilines is 1. The summed E-state index contributed by atoms with van der Waals surface area (Å²) in [4.78, 5) is 30.4. The molecule has 2 atom stereocenters. The van der Waals surface area contributed by atoms with Gasteiger partial charge in [-0.25, -0.2) is 8.78 Å². The van der Waals surface area contributed by atoms with Gasteiger partial charge in [0.05, 0.1) is 18.2 Å². The molecule has 0 aromatic heterocycles. The Morgan fingerprint density at radius 1 is 1.19 bits per heavy atom. The Morgan fingerprint density at radius 2 is 1.97 bits per heavy atom. The fraction of sp³-hybridized carbons (Fsp3) is 0.478. The van der Waals surface area contributed by atoms with Crippen molar-refractivity contribution in [3.8, 4) is 5.75 Å². The van der Waals surface area contributed by atoms with Gasteiger partial charge in [0, 0.05) is 56.7 Å². The van der Waals surface area contributed by atoms with Gasteiger partial charge >= 0.3 is 0 Å². The number of nitrogens with zero attached hydrogens (tertiary/aromatic N) is 3. The normalized spacial score (nSPS) is 26.9. The SMILES string of the molecule is CN1CC2C=C(N3CCOc4cc(C(=O)N5CCC(F)(F)CC5)ccc43)C=CC2C1=O. The monoisotopic (exact) mass is 429 g/mol. The van der Waals surface area contributed by atoms with Gasteiger partial charge in [-0.3, -0.25) is 9.59 Å². The van der Waals surface area contributed by atoms with E-state index in [4.69, 9.17) is 4.74 Å². The van der Waals surface area contributed by atoms with Crippen LogP contribution >= 0.6 is 0 Å². The molecule has 6 nitrogen and oxygen atoms in total. The fourth-order valence-electron chi connectivity index (χ4n) is 4.84. The number of fused-ring (bicyclic) bond motifs is 2. The molecule has 1 aliphatic carbocycles. The summed E-state index contributed by atoms with van der Waals surface area (Å²) in [5, 5.41) is 0. The minimum Gasteiger partial charge on any atom is -0.490 e. The summed E-state index contributed by atoms with van der Waals surface area (Å²) in [5.74, 6) is -2.11. The lowest BCUT2D eigenvalue weighted by Gasteiger charge is -2.35. The number of allylic oxidation sites excluding steroid dienone is 1. The number of alkyl halides is 2. The molecule has 2 unspecified atom stereocenters. The van der Waals surface area contributed by atoms with Crippen molar-refractivity contribution in [3.05, 3.63) is 47.7 Å². The van der Waals surface area contributed by atoms with E-state index in [0.717, 1.165) is 11.4 Å². The molecular weight excluding hydrogens is 404 g/mol. The van der Waals surface area contributed by atoms with Crippen LogP contribution in [0.3, 0.4) is 0 Å². The lowest BCUT2D eigenvalue weighted by molar-refractivity contribution is -0.128. The molecule has 2 fully saturated rings. The van der Waals surface area contributed by atoms with Crippen molar-refractivity contribution in [2.45, 2.75) is 18.8 Å². The molecule has 2 amide bonds. The molecule has 0 saturated carbocycles. The van der Waals surface area contributed by atoms with Crippen LogP contribution in [0, 0.1) is 11.8 Å². The molecule has 0 bridgehead atoms. The second-order valence-electron chi connectivity index (χ2n) is 8.69. The smallest absolute Gasteiger partial charge is 0.253 e. The summed E-state index contributed by atoms with van der Waals surface area (Å²) in [6.45, 7) is 1.96. The molecule has 3 heterocycles. The average molecular weight is 429 g/mol. The van der Waals surface area contributed by atoms with Crippen molar-refractivity contribution >= 4 is 17.5 Å². The molecule has 0 N–H and O–H groups in total. The van der Waals surface area contributed by atoms with E-state index in [2.05, 4.69) is 11.0 Å². The Balaban J connectivity index is 1.36. The molecular formula is C23H25F2N3O3. The molecule has 1 aromatic carbocycles. The summed E-state index contributed by atoms with van der Waals surface area (Å²) < 4.78 is 32.7. The van der Waals surface area contributed by atoms with Gasteiger partial charge in [0.1, 0.15) is 12.4 Å². The summed E-state index contributed by atoms with van der Waals surface area (Å²) in [6.07, 6.45) is 5.52. The zero-order valence-electron chi connectivity index (χ0n) is 17.4.